The molecule has 0 aliphatic rings. The number of aryl methyl sites for hydroxylation is 1. The molecule has 0 aliphatic carbocycles. The molecule has 0 unspecified atom stereocenters. The van der Waals surface area contributed by atoms with E-state index in [9.17, 15) is 14.7 Å². The number of aromatic carboxylic acids is 1. The van der Waals surface area contributed by atoms with Crippen LogP contribution < -0.4 is 10.7 Å². The van der Waals surface area contributed by atoms with Crippen LogP contribution in [0.15, 0.2) is 21.3 Å². The molecule has 2 heterocycles. The third-order valence-corrected chi connectivity index (χ3v) is 2.67. The fourth-order valence-corrected chi connectivity index (χ4v) is 1.84. The monoisotopic (exact) mass is 265 g/mol. The smallest absolute Gasteiger partial charge is 0.255 e. The molecule has 6 nitrogen and oxygen atoms in total. The van der Waals surface area contributed by atoms with Crippen molar-refractivity contribution in [1.29, 1.82) is 0 Å². The highest BCUT2D eigenvalue weighted by Gasteiger charge is 2.09. The van der Waals surface area contributed by atoms with Gasteiger partial charge in [0.15, 0.2) is 4.77 Å². The van der Waals surface area contributed by atoms with Crippen molar-refractivity contribution < 1.29 is 14.3 Å². The molecule has 2 N–H and O–H groups in total. The molecule has 94 valence electrons. The molecule has 0 amide bonds. The van der Waals surface area contributed by atoms with E-state index in [1.807, 2.05) is 0 Å². The first-order valence-corrected chi connectivity index (χ1v) is 5.50. The number of aromatic nitrogens is 2. The van der Waals surface area contributed by atoms with Crippen molar-refractivity contribution >= 4 is 18.2 Å². The van der Waals surface area contributed by atoms with E-state index in [-0.39, 0.29) is 22.5 Å². The van der Waals surface area contributed by atoms with Crippen LogP contribution in [0.1, 0.15) is 27.6 Å². The van der Waals surface area contributed by atoms with Crippen molar-refractivity contribution in [2.24, 2.45) is 0 Å². The van der Waals surface area contributed by atoms with Gasteiger partial charge in [-0.1, -0.05) is 0 Å². The van der Waals surface area contributed by atoms with Crippen molar-refractivity contribution in [2.75, 3.05) is 0 Å². The average molecular weight is 265 g/mol. The van der Waals surface area contributed by atoms with Gasteiger partial charge in [0.2, 0.25) is 0 Å². The van der Waals surface area contributed by atoms with Gasteiger partial charge >= 0.3 is 0 Å². The van der Waals surface area contributed by atoms with Crippen LogP contribution in [0, 0.1) is 11.7 Å². The van der Waals surface area contributed by atoms with Crippen molar-refractivity contribution in [3.63, 3.8) is 0 Å². The Morgan fingerprint density at radius 2 is 2.17 bits per heavy atom. The minimum Gasteiger partial charge on any atom is -0.542 e. The summed E-state index contributed by atoms with van der Waals surface area (Å²) in [6.07, 6.45) is 0.181. The van der Waals surface area contributed by atoms with E-state index in [0.717, 1.165) is 0 Å². The number of aromatic amines is 2. The van der Waals surface area contributed by atoms with Gasteiger partial charge in [-0.3, -0.25) is 9.78 Å². The van der Waals surface area contributed by atoms with Gasteiger partial charge in [-0.2, -0.15) is 0 Å². The van der Waals surface area contributed by atoms with E-state index in [4.69, 9.17) is 16.6 Å². The SMILES string of the molecule is Cc1[nH]c(=S)[nH]c(=O)c1Cc1ccc(C(=O)[O-])o1. The Labute approximate surface area is 106 Å². The lowest BCUT2D eigenvalue weighted by molar-refractivity contribution is -0.257. The topological polar surface area (TPSA) is 102 Å². The summed E-state index contributed by atoms with van der Waals surface area (Å²) in [6.45, 7) is 1.71. The Morgan fingerprint density at radius 3 is 2.72 bits per heavy atom. The van der Waals surface area contributed by atoms with Crippen molar-refractivity contribution in [3.8, 4) is 0 Å². The number of rotatable bonds is 3. The molecule has 18 heavy (non-hydrogen) atoms. The molecular formula is C11H9N2O4S-. The summed E-state index contributed by atoms with van der Waals surface area (Å²) in [5.41, 5.74) is 0.751. The van der Waals surface area contributed by atoms with Crippen LogP contribution in [0.25, 0.3) is 0 Å². The van der Waals surface area contributed by atoms with Crippen LogP contribution >= 0.6 is 12.2 Å². The zero-order chi connectivity index (χ0) is 13.3. The number of nitrogens with one attached hydrogen (secondary N) is 2. The molecule has 2 aromatic rings. The normalized spacial score (nSPS) is 10.5. The van der Waals surface area contributed by atoms with E-state index in [2.05, 4.69) is 9.97 Å². The molecule has 0 saturated carbocycles. The van der Waals surface area contributed by atoms with E-state index < -0.39 is 5.97 Å². The molecule has 0 bridgehead atoms. The molecular weight excluding hydrogens is 256 g/mol. The van der Waals surface area contributed by atoms with Gasteiger partial charge < -0.3 is 19.3 Å². The Morgan fingerprint density at radius 1 is 1.44 bits per heavy atom. The summed E-state index contributed by atoms with van der Waals surface area (Å²) in [7, 11) is 0. The minimum atomic E-state index is -1.39. The van der Waals surface area contributed by atoms with Crippen LogP contribution in [-0.4, -0.2) is 15.9 Å². The van der Waals surface area contributed by atoms with Gasteiger partial charge in [0.05, 0.1) is 0 Å². The van der Waals surface area contributed by atoms with E-state index in [0.29, 0.717) is 17.0 Å². The Kier molecular flexibility index (Phi) is 3.15. The second-order valence-corrected chi connectivity index (χ2v) is 4.15. The molecule has 0 atom stereocenters. The number of furan rings is 1. The van der Waals surface area contributed by atoms with Gasteiger partial charge in [-0.15, -0.1) is 0 Å². The summed E-state index contributed by atoms with van der Waals surface area (Å²) in [5.74, 6) is -1.28. The molecule has 0 fully saturated rings. The van der Waals surface area contributed by atoms with Crippen LogP contribution in [-0.2, 0) is 6.42 Å². The molecule has 0 spiro atoms. The Hall–Kier alpha value is -2.15. The summed E-state index contributed by atoms with van der Waals surface area (Å²) in [5, 5.41) is 10.6. The summed E-state index contributed by atoms with van der Waals surface area (Å²) >= 11 is 4.83. The first kappa shape index (κ1) is 12.3. The molecule has 7 heteroatoms. The highest BCUT2D eigenvalue weighted by Crippen LogP contribution is 2.12. The Balaban J connectivity index is 2.37. The van der Waals surface area contributed by atoms with Crippen LogP contribution in [0.2, 0.25) is 0 Å². The highest BCUT2D eigenvalue weighted by atomic mass is 32.1. The number of hydrogen-bond donors (Lipinski definition) is 2. The van der Waals surface area contributed by atoms with Crippen LogP contribution in [0.5, 0.6) is 0 Å². The predicted octanol–water partition coefficient (Wildman–Crippen LogP) is 0.288. The number of carboxylic acids is 1. The van der Waals surface area contributed by atoms with Crippen molar-refractivity contribution in [3.05, 3.63) is 50.0 Å². The first-order chi connectivity index (χ1) is 8.47. The summed E-state index contributed by atoms with van der Waals surface area (Å²) in [4.78, 5) is 27.5. The second-order valence-electron chi connectivity index (χ2n) is 3.74. The van der Waals surface area contributed by atoms with Gasteiger partial charge in [0.1, 0.15) is 17.5 Å². The number of carboxylic acid groups (broad SMARTS) is 1. The lowest BCUT2D eigenvalue weighted by atomic mass is 10.1. The zero-order valence-corrected chi connectivity index (χ0v) is 10.2. The third kappa shape index (κ3) is 2.40. The maximum absolute atomic E-state index is 11.7. The van der Waals surface area contributed by atoms with E-state index >= 15 is 0 Å². The van der Waals surface area contributed by atoms with E-state index in [1.165, 1.54) is 12.1 Å². The lowest BCUT2D eigenvalue weighted by Crippen LogP contribution is -2.21. The fraction of sp³-hybridized carbons (Fsp3) is 0.182. The lowest BCUT2D eigenvalue weighted by Gasteiger charge is -2.02. The van der Waals surface area contributed by atoms with Crippen LogP contribution in [0.4, 0.5) is 0 Å². The standard InChI is InChI=1S/C11H10N2O4S/c1-5-7(9(14)13-11(18)12-5)4-6-2-3-8(17-6)10(15)16/h2-3H,4H2,1H3,(H,15,16)(H2,12,13,14,18)/p-1. The summed E-state index contributed by atoms with van der Waals surface area (Å²) < 4.78 is 5.28. The Bertz CT molecular complexity index is 710. The number of H-pyrrole nitrogens is 2. The highest BCUT2D eigenvalue weighted by molar-refractivity contribution is 7.71. The van der Waals surface area contributed by atoms with Crippen molar-refractivity contribution in [2.45, 2.75) is 13.3 Å². The molecule has 2 rings (SSSR count). The number of carbonyl (C=O) groups is 1. The predicted molar refractivity (Wildman–Crippen MR) is 62.8 cm³/mol. The first-order valence-electron chi connectivity index (χ1n) is 5.09. The maximum atomic E-state index is 11.7. The molecule has 0 saturated heterocycles. The third-order valence-electron chi connectivity index (χ3n) is 2.47. The molecule has 0 aliphatic heterocycles. The zero-order valence-electron chi connectivity index (χ0n) is 9.40. The minimum absolute atomic E-state index is 0.181. The van der Waals surface area contributed by atoms with E-state index in [1.54, 1.807) is 6.92 Å². The quantitative estimate of drug-likeness (QED) is 0.776. The van der Waals surface area contributed by atoms with Gasteiger partial charge in [0.25, 0.3) is 5.56 Å². The maximum Gasteiger partial charge on any atom is 0.255 e. The average Bonchev–Trinajstić information content (AvgIpc) is 2.71. The fourth-order valence-electron chi connectivity index (χ4n) is 1.60. The van der Waals surface area contributed by atoms with Gasteiger partial charge in [-0.05, 0) is 31.3 Å². The molecule has 0 radical (unpaired) electrons. The van der Waals surface area contributed by atoms with Crippen LogP contribution in [0.3, 0.4) is 0 Å². The summed E-state index contributed by atoms with van der Waals surface area (Å²) in [6, 6.07) is 2.78. The molecule has 0 aromatic carbocycles. The van der Waals surface area contributed by atoms with Crippen molar-refractivity contribution in [1.82, 2.24) is 9.97 Å². The number of carbonyl (C=O) groups excluding carboxylic acids is 1. The largest absolute Gasteiger partial charge is 0.542 e. The molecule has 2 aromatic heterocycles. The second kappa shape index (κ2) is 4.61. The van der Waals surface area contributed by atoms with Gasteiger partial charge in [-0.25, -0.2) is 0 Å². The number of hydrogen-bond acceptors (Lipinski definition) is 5. The van der Waals surface area contributed by atoms with Gasteiger partial charge in [0, 0.05) is 17.7 Å².